The molecule has 0 aliphatic rings. The van der Waals surface area contributed by atoms with Gasteiger partial charge in [0.15, 0.2) is 11.9 Å². The van der Waals surface area contributed by atoms with Gasteiger partial charge in [-0.3, -0.25) is 24.0 Å². The molecule has 15 nitrogen and oxygen atoms in total. The van der Waals surface area contributed by atoms with Gasteiger partial charge < -0.3 is 41.7 Å². The van der Waals surface area contributed by atoms with Crippen LogP contribution in [-0.4, -0.2) is 80.2 Å². The minimum atomic E-state index is -1.72. The van der Waals surface area contributed by atoms with Crippen LogP contribution in [0.3, 0.4) is 0 Å². The fourth-order valence-corrected chi connectivity index (χ4v) is 5.19. The van der Waals surface area contributed by atoms with Gasteiger partial charge in [-0.25, -0.2) is 5.16 Å². The van der Waals surface area contributed by atoms with E-state index in [1.165, 1.54) is 0 Å². The van der Waals surface area contributed by atoms with Crippen LogP contribution in [0.15, 0.2) is 59.1 Å². The number of aliphatic hydroxyl groups excluding tert-OH is 1. The summed E-state index contributed by atoms with van der Waals surface area (Å²) in [7, 11) is 0. The maximum absolute atomic E-state index is 13.8. The van der Waals surface area contributed by atoms with Gasteiger partial charge in [0, 0.05) is 17.7 Å². The Bertz CT molecular complexity index is 1680. The van der Waals surface area contributed by atoms with Gasteiger partial charge in [-0.05, 0) is 61.0 Å². The van der Waals surface area contributed by atoms with Gasteiger partial charge in [0.05, 0.1) is 12.1 Å². The molecule has 5 atom stereocenters. The zero-order chi connectivity index (χ0) is 37.0. The maximum Gasteiger partial charge on any atom is 0.314 e. The third kappa shape index (κ3) is 12.2. The molecular weight excluding hydrogens is 666 g/mol. The number of nitrogens with two attached hydrogens (primary N) is 1. The van der Waals surface area contributed by atoms with Crippen molar-refractivity contribution < 1.29 is 38.7 Å². The number of nitrogens with zero attached hydrogens (tertiary/aromatic N) is 1. The fraction of sp³-hybridized carbons (Fsp3) is 0.441. The number of aliphatic hydroxyl groups is 1. The summed E-state index contributed by atoms with van der Waals surface area (Å²) >= 11 is 4.91. The number of anilines is 1. The second-order valence-electron chi connectivity index (χ2n) is 12.7. The monoisotopic (exact) mass is 711 g/mol. The molecule has 0 bridgehead atoms. The van der Waals surface area contributed by atoms with Gasteiger partial charge in [0.25, 0.3) is 5.91 Å². The highest BCUT2D eigenvalue weighted by atomic mass is 32.1. The van der Waals surface area contributed by atoms with Crippen LogP contribution in [0.2, 0.25) is 0 Å². The molecule has 9 N–H and O–H groups in total. The summed E-state index contributed by atoms with van der Waals surface area (Å²) in [6.45, 7) is 7.12. The largest absolute Gasteiger partial charge is 0.481 e. The van der Waals surface area contributed by atoms with Crippen molar-refractivity contribution >= 4 is 47.5 Å². The second-order valence-corrected chi connectivity index (χ2v) is 13.1. The topological polar surface area (TPSA) is 242 Å². The summed E-state index contributed by atoms with van der Waals surface area (Å²) in [4.78, 5) is 68.4. The first-order chi connectivity index (χ1) is 23.6. The summed E-state index contributed by atoms with van der Waals surface area (Å²) in [5.41, 5.74) is 7.49. The van der Waals surface area contributed by atoms with E-state index in [4.69, 9.17) is 27.6 Å². The molecule has 0 spiro atoms. The molecule has 0 saturated carbocycles. The highest BCUT2D eigenvalue weighted by Crippen LogP contribution is 2.20. The maximum atomic E-state index is 13.8. The van der Waals surface area contributed by atoms with Crippen LogP contribution in [0.4, 0.5) is 5.69 Å². The van der Waals surface area contributed by atoms with Crippen LogP contribution in [0, 0.1) is 16.7 Å². The molecule has 0 fully saturated rings. The molecule has 4 amide bonds. The van der Waals surface area contributed by atoms with Crippen LogP contribution in [-0.2, 0) is 30.4 Å². The lowest BCUT2D eigenvalue weighted by Crippen LogP contribution is -2.59. The van der Waals surface area contributed by atoms with E-state index in [0.29, 0.717) is 17.1 Å². The summed E-state index contributed by atoms with van der Waals surface area (Å²) in [6, 6.07) is 11.1. The highest BCUT2D eigenvalue weighted by molar-refractivity contribution is 7.71. The molecule has 16 heteroatoms. The van der Waals surface area contributed by atoms with E-state index in [1.54, 1.807) is 62.4 Å². The summed E-state index contributed by atoms with van der Waals surface area (Å²) < 4.78 is 4.98. The van der Waals surface area contributed by atoms with Crippen LogP contribution in [0.25, 0.3) is 11.4 Å². The Morgan fingerprint density at radius 2 is 1.62 bits per heavy atom. The summed E-state index contributed by atoms with van der Waals surface area (Å²) in [6.07, 6.45) is -1.87. The minimum absolute atomic E-state index is 0.0120. The van der Waals surface area contributed by atoms with E-state index in [-0.39, 0.29) is 36.4 Å². The molecule has 0 unspecified atom stereocenters. The lowest BCUT2D eigenvalue weighted by molar-refractivity contribution is -0.137. The number of amides is 4. The van der Waals surface area contributed by atoms with Crippen molar-refractivity contribution in [1.29, 1.82) is 0 Å². The minimum Gasteiger partial charge on any atom is -0.481 e. The van der Waals surface area contributed by atoms with Gasteiger partial charge >= 0.3 is 10.8 Å². The highest BCUT2D eigenvalue weighted by Gasteiger charge is 2.34. The molecule has 270 valence electrons. The molecular formula is C34H45N7O8S. The normalized spacial score (nSPS) is 14.2. The Morgan fingerprint density at radius 3 is 2.22 bits per heavy atom. The molecule has 0 radical (unpaired) electrons. The van der Waals surface area contributed by atoms with Gasteiger partial charge in [0.2, 0.25) is 17.7 Å². The third-order valence-electron chi connectivity index (χ3n) is 7.71. The fourth-order valence-electron chi connectivity index (χ4n) is 5.06. The Balaban J connectivity index is 1.79. The quantitative estimate of drug-likeness (QED) is 0.0890. The van der Waals surface area contributed by atoms with Crippen LogP contribution < -0.4 is 27.0 Å². The van der Waals surface area contributed by atoms with E-state index >= 15 is 0 Å². The molecule has 1 heterocycles. The molecule has 1 aromatic heterocycles. The average molecular weight is 712 g/mol. The van der Waals surface area contributed by atoms with E-state index in [0.717, 1.165) is 5.56 Å². The number of hydrogen-bond donors (Lipinski definition) is 8. The number of aromatic amines is 1. The van der Waals surface area contributed by atoms with E-state index < -0.39 is 65.8 Å². The molecule has 50 heavy (non-hydrogen) atoms. The van der Waals surface area contributed by atoms with E-state index in [1.807, 2.05) is 19.9 Å². The molecule has 0 aliphatic carbocycles. The van der Waals surface area contributed by atoms with Crippen molar-refractivity contribution in [3.63, 3.8) is 0 Å². The van der Waals surface area contributed by atoms with E-state index in [2.05, 4.69) is 31.4 Å². The van der Waals surface area contributed by atoms with Crippen LogP contribution in [0.5, 0.6) is 0 Å². The van der Waals surface area contributed by atoms with Crippen molar-refractivity contribution in [2.75, 3.05) is 5.32 Å². The standard InChI is InChI=1S/C34H45N7O8S/c1-18(2)15-25(38-32(47)27(19(3)4)39-30(45)23(35)13-14-26(42)43)31(46)37-24(16-20-9-6-5-7-10-20)28(44)33(48)36-22-12-8-11-21(17-22)29-40-34(50)49-41-29/h5-12,17-19,23-25,27-28,44H,13-16,35H2,1-4H3,(H,36,48)(H,37,46)(H,38,47)(H,39,45)(H,42,43)(H,40,41,50)/t23-,24-,25-,27-,28+/m0/s1. The first-order valence-electron chi connectivity index (χ1n) is 16.2. The smallest absolute Gasteiger partial charge is 0.314 e. The Hall–Kier alpha value is -4.93. The lowest BCUT2D eigenvalue weighted by atomic mass is 9.97. The predicted octanol–water partition coefficient (Wildman–Crippen LogP) is 2.29. The number of carbonyl (C=O) groups is 5. The van der Waals surface area contributed by atoms with Gasteiger partial charge in [-0.1, -0.05) is 70.2 Å². The number of carbonyl (C=O) groups excluding carboxylic acids is 4. The molecule has 3 aromatic rings. The van der Waals surface area contributed by atoms with Crippen molar-refractivity contribution in [1.82, 2.24) is 26.1 Å². The third-order valence-corrected chi connectivity index (χ3v) is 7.89. The Morgan fingerprint density at radius 1 is 0.920 bits per heavy atom. The number of carboxylic acids is 1. The predicted molar refractivity (Wildman–Crippen MR) is 187 cm³/mol. The second kappa shape index (κ2) is 18.7. The van der Waals surface area contributed by atoms with Crippen molar-refractivity contribution in [2.45, 2.75) is 83.6 Å². The first kappa shape index (κ1) is 39.5. The number of carboxylic acid groups (broad SMARTS) is 1. The Kier molecular flexibility index (Phi) is 14.8. The summed E-state index contributed by atoms with van der Waals surface area (Å²) in [5.74, 6) is -4.01. The lowest BCUT2D eigenvalue weighted by Gasteiger charge is -2.29. The molecule has 2 aromatic carbocycles. The SMILES string of the molecule is CC(C)C[C@H](NC(=O)[C@@H](NC(=O)[C@@H](N)CCC(=O)O)C(C)C)C(=O)N[C@@H](Cc1ccccc1)[C@@H](O)C(=O)Nc1cccc(-c2nc(=S)o[nH]2)c1. The van der Waals surface area contributed by atoms with Crippen LogP contribution in [0.1, 0.15) is 52.5 Å². The van der Waals surface area contributed by atoms with Gasteiger partial charge in [-0.15, -0.1) is 0 Å². The van der Waals surface area contributed by atoms with Crippen molar-refractivity contribution in [2.24, 2.45) is 17.6 Å². The number of nitrogens with one attached hydrogen (secondary N) is 5. The van der Waals surface area contributed by atoms with Crippen molar-refractivity contribution in [3.8, 4) is 11.4 Å². The number of rotatable bonds is 18. The summed E-state index contributed by atoms with van der Waals surface area (Å²) in [5, 5.41) is 33.6. The number of benzene rings is 2. The average Bonchev–Trinajstić information content (AvgIpc) is 3.51. The van der Waals surface area contributed by atoms with Gasteiger partial charge in [0.1, 0.15) is 12.1 Å². The Labute approximate surface area is 294 Å². The number of H-pyrrole nitrogens is 1. The number of hydrogen-bond acceptors (Lipinski definition) is 10. The molecule has 0 aliphatic heterocycles. The molecule has 0 saturated heterocycles. The van der Waals surface area contributed by atoms with E-state index in [9.17, 15) is 29.1 Å². The number of aromatic nitrogens is 2. The first-order valence-corrected chi connectivity index (χ1v) is 16.6. The van der Waals surface area contributed by atoms with Crippen molar-refractivity contribution in [3.05, 3.63) is 65.0 Å². The molecule has 3 rings (SSSR count). The van der Waals surface area contributed by atoms with Gasteiger partial charge in [-0.2, -0.15) is 4.98 Å². The zero-order valence-corrected chi connectivity index (χ0v) is 29.2. The van der Waals surface area contributed by atoms with Crippen LogP contribution >= 0.6 is 12.2 Å². The zero-order valence-electron chi connectivity index (χ0n) is 28.3. The number of aliphatic carboxylic acids is 1.